The molecule has 0 saturated carbocycles. The lowest BCUT2D eigenvalue weighted by molar-refractivity contribution is -0.127. The summed E-state index contributed by atoms with van der Waals surface area (Å²) in [5, 5.41) is 3.25. The van der Waals surface area contributed by atoms with Gasteiger partial charge in [-0.05, 0) is 38.6 Å². The van der Waals surface area contributed by atoms with Gasteiger partial charge in [-0.2, -0.15) is 0 Å². The van der Waals surface area contributed by atoms with Crippen LogP contribution in [0.25, 0.3) is 0 Å². The lowest BCUT2D eigenvalue weighted by Crippen LogP contribution is -2.50. The molecule has 0 radical (unpaired) electrons. The SMILES string of the molecule is CS(=O)(=O)N1CCC(C(=O)N[C@H]2CCN3CCCC[C@@H]23)CC1. The molecule has 0 aromatic rings. The summed E-state index contributed by atoms with van der Waals surface area (Å²) in [6, 6.07) is 0.814. The van der Waals surface area contributed by atoms with Gasteiger partial charge in [0, 0.05) is 37.6 Å². The third-order valence-electron chi connectivity index (χ3n) is 5.48. The maximum atomic E-state index is 12.5. The number of carbonyl (C=O) groups excluding carboxylic acids is 1. The third kappa shape index (κ3) is 3.46. The molecule has 6 nitrogen and oxygen atoms in total. The fourth-order valence-corrected chi connectivity index (χ4v) is 5.04. The molecular weight excluding hydrogens is 302 g/mol. The number of rotatable bonds is 3. The summed E-state index contributed by atoms with van der Waals surface area (Å²) in [6.07, 6.45) is 7.31. The van der Waals surface area contributed by atoms with Crippen LogP contribution in [-0.4, -0.2) is 68.0 Å². The number of nitrogens with zero attached hydrogens (tertiary/aromatic N) is 2. The van der Waals surface area contributed by atoms with E-state index in [1.54, 1.807) is 0 Å². The van der Waals surface area contributed by atoms with Crippen molar-refractivity contribution in [1.29, 1.82) is 0 Å². The van der Waals surface area contributed by atoms with Gasteiger partial charge in [-0.15, -0.1) is 0 Å². The average molecular weight is 329 g/mol. The van der Waals surface area contributed by atoms with Crippen molar-refractivity contribution in [3.63, 3.8) is 0 Å². The predicted octanol–water partition coefficient (Wildman–Crippen LogP) is 0.401. The van der Waals surface area contributed by atoms with E-state index in [4.69, 9.17) is 0 Å². The summed E-state index contributed by atoms with van der Waals surface area (Å²) in [7, 11) is -3.12. The van der Waals surface area contributed by atoms with E-state index in [2.05, 4.69) is 10.2 Å². The molecule has 0 aliphatic carbocycles. The van der Waals surface area contributed by atoms with Gasteiger partial charge in [0.2, 0.25) is 15.9 Å². The molecule has 22 heavy (non-hydrogen) atoms. The van der Waals surface area contributed by atoms with E-state index < -0.39 is 10.0 Å². The van der Waals surface area contributed by atoms with E-state index in [-0.39, 0.29) is 11.8 Å². The molecule has 3 saturated heterocycles. The van der Waals surface area contributed by atoms with E-state index in [1.165, 1.54) is 36.4 Å². The number of sulfonamides is 1. The summed E-state index contributed by atoms with van der Waals surface area (Å²) in [5.41, 5.74) is 0. The van der Waals surface area contributed by atoms with Crippen molar-refractivity contribution >= 4 is 15.9 Å². The normalized spacial score (nSPS) is 31.9. The van der Waals surface area contributed by atoms with Gasteiger partial charge in [0.05, 0.1) is 6.26 Å². The standard InChI is InChI=1S/C15H27N3O3S/c1-22(20,21)18-10-5-12(6-11-18)15(19)16-13-7-9-17-8-3-2-4-14(13)17/h12-14H,2-11H2,1H3,(H,16,19)/t13-,14-/m0/s1. The molecule has 126 valence electrons. The largest absolute Gasteiger partial charge is 0.352 e. The van der Waals surface area contributed by atoms with Gasteiger partial charge in [0.25, 0.3) is 0 Å². The third-order valence-corrected chi connectivity index (χ3v) is 6.78. The number of hydrogen-bond acceptors (Lipinski definition) is 4. The Bertz CT molecular complexity index is 514. The molecule has 0 unspecified atom stereocenters. The first-order valence-corrected chi connectivity index (χ1v) is 10.3. The van der Waals surface area contributed by atoms with Crippen LogP contribution in [-0.2, 0) is 14.8 Å². The Labute approximate surface area is 133 Å². The molecule has 3 heterocycles. The number of amides is 1. The molecule has 3 rings (SSSR count). The van der Waals surface area contributed by atoms with Gasteiger partial charge < -0.3 is 5.32 Å². The summed E-state index contributed by atoms with van der Waals surface area (Å²) < 4.78 is 24.5. The molecule has 0 aromatic carbocycles. The van der Waals surface area contributed by atoms with Crippen LogP contribution in [0.4, 0.5) is 0 Å². The quantitative estimate of drug-likeness (QED) is 0.814. The lowest BCUT2D eigenvalue weighted by Gasteiger charge is -2.34. The van der Waals surface area contributed by atoms with Crippen molar-refractivity contribution in [3.05, 3.63) is 0 Å². The highest BCUT2D eigenvalue weighted by molar-refractivity contribution is 7.88. The van der Waals surface area contributed by atoms with Crippen LogP contribution in [0.2, 0.25) is 0 Å². The van der Waals surface area contributed by atoms with E-state index >= 15 is 0 Å². The van der Waals surface area contributed by atoms with Crippen LogP contribution < -0.4 is 5.32 Å². The van der Waals surface area contributed by atoms with E-state index in [1.807, 2.05) is 0 Å². The maximum Gasteiger partial charge on any atom is 0.223 e. The number of piperidine rings is 2. The summed E-state index contributed by atoms with van der Waals surface area (Å²) >= 11 is 0. The van der Waals surface area contributed by atoms with Gasteiger partial charge >= 0.3 is 0 Å². The van der Waals surface area contributed by atoms with Gasteiger partial charge in [0.1, 0.15) is 0 Å². The molecule has 1 N–H and O–H groups in total. The van der Waals surface area contributed by atoms with Gasteiger partial charge in [-0.25, -0.2) is 12.7 Å². The van der Waals surface area contributed by atoms with Crippen molar-refractivity contribution in [2.75, 3.05) is 32.4 Å². The first-order valence-electron chi connectivity index (χ1n) is 8.45. The summed E-state index contributed by atoms with van der Waals surface area (Å²) in [5.74, 6) is 0.0983. The smallest absolute Gasteiger partial charge is 0.223 e. The highest BCUT2D eigenvalue weighted by Crippen LogP contribution is 2.28. The summed E-state index contributed by atoms with van der Waals surface area (Å²) in [4.78, 5) is 15.0. The minimum Gasteiger partial charge on any atom is -0.352 e. The Morgan fingerprint density at radius 3 is 2.41 bits per heavy atom. The Morgan fingerprint density at radius 1 is 1.00 bits per heavy atom. The maximum absolute atomic E-state index is 12.5. The first-order chi connectivity index (χ1) is 10.4. The second kappa shape index (κ2) is 6.45. The second-order valence-electron chi connectivity index (χ2n) is 6.94. The minimum atomic E-state index is -3.12. The summed E-state index contributed by atoms with van der Waals surface area (Å²) in [6.45, 7) is 3.21. The number of hydrogen-bond donors (Lipinski definition) is 1. The Balaban J connectivity index is 1.51. The zero-order chi connectivity index (χ0) is 15.7. The van der Waals surface area contributed by atoms with Crippen LogP contribution in [0.5, 0.6) is 0 Å². The minimum absolute atomic E-state index is 0.0318. The Kier molecular flexibility index (Phi) is 4.75. The van der Waals surface area contributed by atoms with Crippen LogP contribution in [0.15, 0.2) is 0 Å². The predicted molar refractivity (Wildman–Crippen MR) is 84.9 cm³/mol. The molecule has 1 amide bonds. The molecule has 0 spiro atoms. The Hall–Kier alpha value is -0.660. The van der Waals surface area contributed by atoms with Crippen molar-refractivity contribution in [1.82, 2.24) is 14.5 Å². The number of carbonyl (C=O) groups is 1. The second-order valence-corrected chi connectivity index (χ2v) is 8.92. The fraction of sp³-hybridized carbons (Fsp3) is 0.933. The molecule has 3 aliphatic rings. The lowest BCUT2D eigenvalue weighted by atomic mass is 9.95. The van der Waals surface area contributed by atoms with E-state index in [0.717, 1.165) is 13.0 Å². The van der Waals surface area contributed by atoms with E-state index in [0.29, 0.717) is 38.0 Å². The van der Waals surface area contributed by atoms with Crippen molar-refractivity contribution in [2.45, 2.75) is 50.6 Å². The van der Waals surface area contributed by atoms with Gasteiger partial charge in [0.15, 0.2) is 0 Å². The number of fused-ring (bicyclic) bond motifs is 1. The van der Waals surface area contributed by atoms with Gasteiger partial charge in [-0.1, -0.05) is 6.42 Å². The van der Waals surface area contributed by atoms with Crippen molar-refractivity contribution in [2.24, 2.45) is 5.92 Å². The zero-order valence-electron chi connectivity index (χ0n) is 13.3. The molecule has 7 heteroatoms. The van der Waals surface area contributed by atoms with Crippen molar-refractivity contribution in [3.8, 4) is 0 Å². The highest BCUT2D eigenvalue weighted by atomic mass is 32.2. The molecule has 2 atom stereocenters. The van der Waals surface area contributed by atoms with Crippen LogP contribution >= 0.6 is 0 Å². The van der Waals surface area contributed by atoms with E-state index in [9.17, 15) is 13.2 Å². The monoisotopic (exact) mass is 329 g/mol. The van der Waals surface area contributed by atoms with Gasteiger partial charge in [-0.3, -0.25) is 9.69 Å². The van der Waals surface area contributed by atoms with Crippen molar-refractivity contribution < 1.29 is 13.2 Å². The number of nitrogens with one attached hydrogen (secondary N) is 1. The van der Waals surface area contributed by atoms with Crippen LogP contribution in [0.3, 0.4) is 0 Å². The molecular formula is C15H27N3O3S. The molecule has 3 aliphatic heterocycles. The topological polar surface area (TPSA) is 69.7 Å². The zero-order valence-corrected chi connectivity index (χ0v) is 14.1. The average Bonchev–Trinajstić information content (AvgIpc) is 2.90. The molecule has 0 bridgehead atoms. The van der Waals surface area contributed by atoms with Crippen LogP contribution in [0, 0.1) is 5.92 Å². The first kappa shape index (κ1) is 16.2. The Morgan fingerprint density at radius 2 is 1.73 bits per heavy atom. The molecule has 3 fully saturated rings. The van der Waals surface area contributed by atoms with Crippen LogP contribution in [0.1, 0.15) is 38.5 Å². The molecule has 0 aromatic heterocycles. The fourth-order valence-electron chi connectivity index (χ4n) is 4.17. The highest BCUT2D eigenvalue weighted by Gasteiger charge is 2.37.